The molecule has 0 spiro atoms. The van der Waals surface area contributed by atoms with E-state index < -0.39 is 0 Å². The van der Waals surface area contributed by atoms with Gasteiger partial charge in [0, 0.05) is 24.7 Å². The summed E-state index contributed by atoms with van der Waals surface area (Å²) in [5.41, 5.74) is 6.95. The molecule has 0 unspecified atom stereocenters. The number of hydrogen-bond donors (Lipinski definition) is 1. The molecule has 1 aliphatic carbocycles. The second-order valence-corrected chi connectivity index (χ2v) is 4.76. The van der Waals surface area contributed by atoms with Crippen molar-refractivity contribution < 1.29 is 9.18 Å². The van der Waals surface area contributed by atoms with E-state index in [4.69, 9.17) is 5.73 Å². The van der Waals surface area contributed by atoms with Crippen molar-refractivity contribution in [3.05, 3.63) is 29.6 Å². The van der Waals surface area contributed by atoms with E-state index in [-0.39, 0.29) is 23.7 Å². The number of amides is 1. The van der Waals surface area contributed by atoms with E-state index in [2.05, 4.69) is 0 Å². The summed E-state index contributed by atoms with van der Waals surface area (Å²) < 4.78 is 13.1. The highest BCUT2D eigenvalue weighted by Crippen LogP contribution is 2.29. The number of rotatable bonds is 2. The molecule has 0 atom stereocenters. The maximum absolute atomic E-state index is 13.1. The van der Waals surface area contributed by atoms with Crippen LogP contribution in [0.2, 0.25) is 0 Å². The molecule has 0 bridgehead atoms. The largest absolute Gasteiger partial charge is 0.328 e. The van der Waals surface area contributed by atoms with Crippen molar-refractivity contribution in [2.24, 2.45) is 11.7 Å². The minimum atomic E-state index is -0.250. The SMILES string of the molecule is Cc1cc(N(C)C(=O)C2CC(N)C2)ccc1F. The summed E-state index contributed by atoms with van der Waals surface area (Å²) >= 11 is 0. The minimum Gasteiger partial charge on any atom is -0.328 e. The van der Waals surface area contributed by atoms with Crippen molar-refractivity contribution in [1.29, 1.82) is 0 Å². The van der Waals surface area contributed by atoms with Crippen molar-refractivity contribution >= 4 is 11.6 Å². The second kappa shape index (κ2) is 4.45. The Balaban J connectivity index is 2.11. The van der Waals surface area contributed by atoms with E-state index in [0.717, 1.165) is 18.5 Å². The Bertz CT molecular complexity index is 441. The first-order chi connectivity index (χ1) is 7.99. The molecule has 1 amide bonds. The summed E-state index contributed by atoms with van der Waals surface area (Å²) in [4.78, 5) is 13.6. The number of anilines is 1. The van der Waals surface area contributed by atoms with Gasteiger partial charge in [-0.1, -0.05) is 0 Å². The highest BCUT2D eigenvalue weighted by molar-refractivity contribution is 5.95. The molecular formula is C13H17FN2O. The van der Waals surface area contributed by atoms with Crippen molar-refractivity contribution in [2.45, 2.75) is 25.8 Å². The van der Waals surface area contributed by atoms with Crippen LogP contribution in [0.15, 0.2) is 18.2 Å². The summed E-state index contributed by atoms with van der Waals surface area (Å²) in [5.74, 6) is -0.154. The first-order valence-corrected chi connectivity index (χ1v) is 5.78. The van der Waals surface area contributed by atoms with Crippen molar-refractivity contribution in [3.8, 4) is 0 Å². The van der Waals surface area contributed by atoms with Crippen LogP contribution in [0, 0.1) is 18.7 Å². The van der Waals surface area contributed by atoms with Crippen LogP contribution in [0.4, 0.5) is 10.1 Å². The highest BCUT2D eigenvalue weighted by Gasteiger charge is 2.34. The fraction of sp³-hybridized carbons (Fsp3) is 0.462. The zero-order chi connectivity index (χ0) is 12.6. The third-order valence-corrected chi connectivity index (χ3v) is 3.38. The van der Waals surface area contributed by atoms with Crippen molar-refractivity contribution in [3.63, 3.8) is 0 Å². The third kappa shape index (κ3) is 2.31. The molecule has 0 aliphatic heterocycles. The van der Waals surface area contributed by atoms with Gasteiger partial charge in [-0.15, -0.1) is 0 Å². The Morgan fingerprint density at radius 1 is 1.47 bits per heavy atom. The quantitative estimate of drug-likeness (QED) is 0.851. The predicted octanol–water partition coefficient (Wildman–Crippen LogP) is 1.83. The lowest BCUT2D eigenvalue weighted by Gasteiger charge is -2.34. The molecule has 1 aromatic rings. The highest BCUT2D eigenvalue weighted by atomic mass is 19.1. The van der Waals surface area contributed by atoms with Crippen LogP contribution in [-0.4, -0.2) is 19.0 Å². The molecule has 0 saturated heterocycles. The third-order valence-electron chi connectivity index (χ3n) is 3.38. The Kier molecular flexibility index (Phi) is 3.15. The molecule has 2 N–H and O–H groups in total. The number of benzene rings is 1. The van der Waals surface area contributed by atoms with Crippen LogP contribution < -0.4 is 10.6 Å². The number of halogens is 1. The van der Waals surface area contributed by atoms with Gasteiger partial charge in [-0.25, -0.2) is 4.39 Å². The molecule has 92 valence electrons. The van der Waals surface area contributed by atoms with E-state index in [9.17, 15) is 9.18 Å². The van der Waals surface area contributed by atoms with E-state index in [1.807, 2.05) is 0 Å². The van der Waals surface area contributed by atoms with Gasteiger partial charge in [0.1, 0.15) is 5.82 Å². The Morgan fingerprint density at radius 3 is 2.65 bits per heavy atom. The standard InChI is InChI=1S/C13H17FN2O/c1-8-5-11(3-4-12(8)14)16(2)13(17)9-6-10(15)7-9/h3-5,9-10H,6-7,15H2,1-2H3. The number of carbonyl (C=O) groups is 1. The first-order valence-electron chi connectivity index (χ1n) is 5.78. The molecule has 1 aromatic carbocycles. The smallest absolute Gasteiger partial charge is 0.229 e. The molecule has 4 heteroatoms. The average Bonchev–Trinajstić information content (AvgIpc) is 2.27. The minimum absolute atomic E-state index is 0.0281. The van der Waals surface area contributed by atoms with Crippen LogP contribution in [-0.2, 0) is 4.79 Å². The van der Waals surface area contributed by atoms with Gasteiger partial charge < -0.3 is 10.6 Å². The Labute approximate surface area is 100 Å². The monoisotopic (exact) mass is 236 g/mol. The lowest BCUT2D eigenvalue weighted by atomic mass is 9.80. The lowest BCUT2D eigenvalue weighted by Crippen LogP contribution is -2.45. The van der Waals surface area contributed by atoms with Crippen LogP contribution >= 0.6 is 0 Å². The van der Waals surface area contributed by atoms with Crippen molar-refractivity contribution in [2.75, 3.05) is 11.9 Å². The molecule has 0 heterocycles. The number of aryl methyl sites for hydroxylation is 1. The number of nitrogens with zero attached hydrogens (tertiary/aromatic N) is 1. The summed E-state index contributed by atoms with van der Waals surface area (Å²) in [6, 6.07) is 4.86. The summed E-state index contributed by atoms with van der Waals surface area (Å²) in [6.07, 6.45) is 1.51. The van der Waals surface area contributed by atoms with Gasteiger partial charge in [-0.05, 0) is 43.5 Å². The van der Waals surface area contributed by atoms with Crippen LogP contribution in [0.3, 0.4) is 0 Å². The Morgan fingerprint density at radius 2 is 2.12 bits per heavy atom. The van der Waals surface area contributed by atoms with E-state index in [0.29, 0.717) is 5.56 Å². The number of carbonyl (C=O) groups excluding carboxylic acids is 1. The summed E-state index contributed by atoms with van der Waals surface area (Å²) in [7, 11) is 1.72. The second-order valence-electron chi connectivity index (χ2n) is 4.76. The summed E-state index contributed by atoms with van der Waals surface area (Å²) in [6.45, 7) is 1.69. The van der Waals surface area contributed by atoms with Crippen LogP contribution in [0.1, 0.15) is 18.4 Å². The molecule has 1 saturated carbocycles. The van der Waals surface area contributed by atoms with Gasteiger partial charge in [0.2, 0.25) is 5.91 Å². The topological polar surface area (TPSA) is 46.3 Å². The fourth-order valence-electron chi connectivity index (χ4n) is 2.10. The molecule has 1 aliphatic rings. The molecular weight excluding hydrogens is 219 g/mol. The van der Waals surface area contributed by atoms with E-state index >= 15 is 0 Å². The zero-order valence-corrected chi connectivity index (χ0v) is 10.1. The molecule has 17 heavy (non-hydrogen) atoms. The van der Waals surface area contributed by atoms with Gasteiger partial charge in [0.15, 0.2) is 0 Å². The van der Waals surface area contributed by atoms with E-state index in [1.54, 1.807) is 31.0 Å². The molecule has 0 aromatic heterocycles. The maximum atomic E-state index is 13.1. The maximum Gasteiger partial charge on any atom is 0.229 e. The molecule has 2 rings (SSSR count). The van der Waals surface area contributed by atoms with Gasteiger partial charge in [-0.2, -0.15) is 0 Å². The zero-order valence-electron chi connectivity index (χ0n) is 10.1. The van der Waals surface area contributed by atoms with Gasteiger partial charge in [-0.3, -0.25) is 4.79 Å². The van der Waals surface area contributed by atoms with Gasteiger partial charge in [0.25, 0.3) is 0 Å². The predicted molar refractivity (Wildman–Crippen MR) is 65.2 cm³/mol. The number of nitrogens with two attached hydrogens (primary N) is 1. The fourth-order valence-corrected chi connectivity index (χ4v) is 2.10. The first kappa shape index (κ1) is 12.0. The lowest BCUT2D eigenvalue weighted by molar-refractivity contribution is -0.124. The number of hydrogen-bond acceptors (Lipinski definition) is 2. The molecule has 1 fully saturated rings. The normalized spacial score (nSPS) is 23.1. The van der Waals surface area contributed by atoms with Gasteiger partial charge in [0.05, 0.1) is 0 Å². The van der Waals surface area contributed by atoms with E-state index in [1.165, 1.54) is 6.07 Å². The van der Waals surface area contributed by atoms with Gasteiger partial charge >= 0.3 is 0 Å². The average molecular weight is 236 g/mol. The van der Waals surface area contributed by atoms with Crippen LogP contribution in [0.5, 0.6) is 0 Å². The summed E-state index contributed by atoms with van der Waals surface area (Å²) in [5, 5.41) is 0. The molecule has 3 nitrogen and oxygen atoms in total. The van der Waals surface area contributed by atoms with Crippen LogP contribution in [0.25, 0.3) is 0 Å². The molecule has 0 radical (unpaired) electrons. The van der Waals surface area contributed by atoms with Crippen molar-refractivity contribution in [1.82, 2.24) is 0 Å². The Hall–Kier alpha value is -1.42.